The topological polar surface area (TPSA) is 69.3 Å². The number of nitrogens with zero attached hydrogens (tertiary/aromatic N) is 2. The van der Waals surface area contributed by atoms with Crippen LogP contribution in [0.3, 0.4) is 0 Å². The number of phenols is 1. The van der Waals surface area contributed by atoms with Gasteiger partial charge in [0, 0.05) is 13.3 Å². The van der Waals surface area contributed by atoms with Gasteiger partial charge in [0.2, 0.25) is 0 Å². The number of aryl methyl sites for hydroxylation is 1. The molecule has 2 aromatic rings. The van der Waals surface area contributed by atoms with Gasteiger partial charge in [-0.3, -0.25) is 0 Å². The van der Waals surface area contributed by atoms with Crippen LogP contribution in [-0.2, 0) is 12.8 Å². The highest BCUT2D eigenvalue weighted by molar-refractivity contribution is 5.37. The molecule has 3 rings (SSSR count). The monoisotopic (exact) mass is 272 g/mol. The highest BCUT2D eigenvalue weighted by Gasteiger charge is 2.25. The molecule has 0 spiro atoms. The first-order valence-electron chi connectivity index (χ1n) is 6.74. The molecule has 1 heterocycles. The number of benzene rings is 1. The fourth-order valence-corrected chi connectivity index (χ4v) is 2.51. The number of ether oxygens (including phenoxy) is 1. The second kappa shape index (κ2) is 5.00. The van der Waals surface area contributed by atoms with Crippen LogP contribution < -0.4 is 9.47 Å². The minimum atomic E-state index is 0.189. The highest BCUT2D eigenvalue weighted by Crippen LogP contribution is 2.30. The Kier molecular flexibility index (Phi) is 3.18. The molecule has 0 unspecified atom stereocenters. The number of aromatic hydroxyl groups is 1. The van der Waals surface area contributed by atoms with Crippen molar-refractivity contribution in [3.05, 3.63) is 46.6 Å². The predicted octanol–water partition coefficient (Wildman–Crippen LogP) is 2.40. The highest BCUT2D eigenvalue weighted by atomic mass is 16.5. The van der Waals surface area contributed by atoms with Crippen LogP contribution in [0.1, 0.15) is 29.9 Å². The second-order valence-corrected chi connectivity index (χ2v) is 4.99. The molecule has 20 heavy (non-hydrogen) atoms. The van der Waals surface area contributed by atoms with Crippen LogP contribution in [0.4, 0.5) is 0 Å². The van der Waals surface area contributed by atoms with E-state index in [4.69, 9.17) is 4.74 Å². The van der Waals surface area contributed by atoms with Gasteiger partial charge in [-0.15, -0.1) is 0 Å². The first-order valence-corrected chi connectivity index (χ1v) is 6.74. The van der Waals surface area contributed by atoms with Crippen LogP contribution >= 0.6 is 0 Å². The van der Waals surface area contributed by atoms with E-state index in [0.29, 0.717) is 17.5 Å². The summed E-state index contributed by atoms with van der Waals surface area (Å²) < 4.78 is 6.71. The quantitative estimate of drug-likeness (QED) is 0.673. The smallest absolute Gasteiger partial charge is 0.340 e. The maximum atomic E-state index is 12.0. The molecule has 0 saturated heterocycles. The molecule has 1 aliphatic rings. The number of aromatic nitrogens is 2. The van der Waals surface area contributed by atoms with Crippen LogP contribution in [0.5, 0.6) is 17.4 Å². The van der Waals surface area contributed by atoms with E-state index in [9.17, 15) is 10.3 Å². The summed E-state index contributed by atoms with van der Waals surface area (Å²) in [6.45, 7) is 1.69. The van der Waals surface area contributed by atoms with Crippen LogP contribution in [-0.4, -0.2) is 10.1 Å². The van der Waals surface area contributed by atoms with Gasteiger partial charge in [0.25, 0.3) is 0 Å². The lowest BCUT2D eigenvalue weighted by atomic mass is 9.97. The minimum Gasteiger partial charge on any atom is -0.711 e. The molecule has 1 aliphatic carbocycles. The lowest BCUT2D eigenvalue weighted by Gasteiger charge is -2.19. The van der Waals surface area contributed by atoms with Gasteiger partial charge in [-0.25, -0.2) is 4.73 Å². The van der Waals surface area contributed by atoms with Crippen molar-refractivity contribution >= 4 is 0 Å². The zero-order valence-electron chi connectivity index (χ0n) is 11.3. The Morgan fingerprint density at radius 2 is 1.90 bits per heavy atom. The van der Waals surface area contributed by atoms with Gasteiger partial charge >= 0.3 is 11.7 Å². The number of fused-ring (bicyclic) bond motifs is 1. The van der Waals surface area contributed by atoms with Crippen molar-refractivity contribution in [3.63, 3.8) is 0 Å². The lowest BCUT2D eigenvalue weighted by Crippen LogP contribution is -2.39. The normalized spacial score (nSPS) is 13.8. The van der Waals surface area contributed by atoms with E-state index in [1.165, 1.54) is 0 Å². The second-order valence-electron chi connectivity index (χ2n) is 4.99. The molecule has 0 bridgehead atoms. The van der Waals surface area contributed by atoms with Gasteiger partial charge in [0.1, 0.15) is 17.2 Å². The van der Waals surface area contributed by atoms with Crippen molar-refractivity contribution in [2.45, 2.75) is 32.6 Å². The molecular formula is C15H16N2O3. The molecule has 5 heteroatoms. The number of phenolic OH excluding ortho intramolecular Hbond substituents is 1. The van der Waals surface area contributed by atoms with Gasteiger partial charge < -0.3 is 15.1 Å². The summed E-state index contributed by atoms with van der Waals surface area (Å²) >= 11 is 0. The van der Waals surface area contributed by atoms with Gasteiger partial charge in [0.05, 0.1) is 5.56 Å². The lowest BCUT2D eigenvalue weighted by molar-refractivity contribution is -0.625. The maximum absolute atomic E-state index is 12.0. The third-order valence-electron chi connectivity index (χ3n) is 3.55. The molecule has 5 nitrogen and oxygen atoms in total. The standard InChI is InChI=1S/C15H16N2O3/c1-10-16-15(20-12-8-6-11(18)7-9-12)13-4-2-3-5-14(13)17(10)19/h6-9,18H,2-5H2,1H3. The number of hydrogen-bond donors (Lipinski definition) is 1. The molecule has 0 fully saturated rings. The first-order chi connectivity index (χ1) is 9.65. The number of rotatable bonds is 2. The molecule has 1 aromatic carbocycles. The fourth-order valence-electron chi connectivity index (χ4n) is 2.51. The third-order valence-corrected chi connectivity index (χ3v) is 3.55. The zero-order chi connectivity index (χ0) is 14.1. The molecule has 0 aliphatic heterocycles. The summed E-state index contributed by atoms with van der Waals surface area (Å²) in [5.74, 6) is 1.70. The number of hydrogen-bond acceptors (Lipinski definition) is 4. The Labute approximate surface area is 117 Å². The Morgan fingerprint density at radius 1 is 1.20 bits per heavy atom. The first kappa shape index (κ1) is 12.7. The predicted molar refractivity (Wildman–Crippen MR) is 72.8 cm³/mol. The molecule has 1 aromatic heterocycles. The summed E-state index contributed by atoms with van der Waals surface area (Å²) in [5.41, 5.74) is 1.68. The summed E-state index contributed by atoms with van der Waals surface area (Å²) in [7, 11) is 0. The molecule has 0 atom stereocenters. The summed E-state index contributed by atoms with van der Waals surface area (Å²) in [6, 6.07) is 6.48. The van der Waals surface area contributed by atoms with E-state index in [2.05, 4.69) is 4.98 Å². The Morgan fingerprint density at radius 3 is 2.65 bits per heavy atom. The van der Waals surface area contributed by atoms with Crippen molar-refractivity contribution in [2.24, 2.45) is 0 Å². The molecule has 0 amide bonds. The van der Waals surface area contributed by atoms with E-state index in [1.54, 1.807) is 31.2 Å². The third kappa shape index (κ3) is 2.27. The molecule has 104 valence electrons. The Hall–Kier alpha value is -2.30. The van der Waals surface area contributed by atoms with Crippen molar-refractivity contribution in [2.75, 3.05) is 0 Å². The largest absolute Gasteiger partial charge is 0.711 e. The van der Waals surface area contributed by atoms with Crippen LogP contribution in [0.15, 0.2) is 24.3 Å². The molecular weight excluding hydrogens is 256 g/mol. The molecule has 0 saturated carbocycles. The van der Waals surface area contributed by atoms with Crippen molar-refractivity contribution in [1.29, 1.82) is 0 Å². The van der Waals surface area contributed by atoms with Gasteiger partial charge in [-0.05, 0) is 48.5 Å². The van der Waals surface area contributed by atoms with Crippen LogP contribution in [0.2, 0.25) is 0 Å². The molecule has 1 N–H and O–H groups in total. The Bertz CT molecular complexity index is 639. The summed E-state index contributed by atoms with van der Waals surface area (Å²) in [6.07, 6.45) is 3.66. The summed E-state index contributed by atoms with van der Waals surface area (Å²) in [4.78, 5) is 4.27. The van der Waals surface area contributed by atoms with Gasteiger partial charge in [0.15, 0.2) is 0 Å². The average Bonchev–Trinajstić information content (AvgIpc) is 2.47. The van der Waals surface area contributed by atoms with E-state index < -0.39 is 0 Å². The van der Waals surface area contributed by atoms with Crippen molar-refractivity contribution in [1.82, 2.24) is 4.98 Å². The maximum Gasteiger partial charge on any atom is 0.340 e. The van der Waals surface area contributed by atoms with E-state index >= 15 is 0 Å². The molecule has 0 radical (unpaired) electrons. The van der Waals surface area contributed by atoms with E-state index in [-0.39, 0.29) is 5.75 Å². The average molecular weight is 272 g/mol. The Balaban J connectivity index is 2.00. The minimum absolute atomic E-state index is 0.189. The SMILES string of the molecule is Cc1nc(Oc2ccc(O)cc2)c2c([n+]1[O-])CCCC2. The zero-order valence-corrected chi connectivity index (χ0v) is 11.3. The van der Waals surface area contributed by atoms with E-state index in [0.717, 1.165) is 41.7 Å². The van der Waals surface area contributed by atoms with Gasteiger partial charge in [-0.1, -0.05) is 0 Å². The van der Waals surface area contributed by atoms with Crippen LogP contribution in [0, 0.1) is 12.1 Å². The van der Waals surface area contributed by atoms with Crippen LogP contribution in [0.25, 0.3) is 0 Å². The van der Waals surface area contributed by atoms with E-state index in [1.807, 2.05) is 0 Å². The summed E-state index contributed by atoms with van der Waals surface area (Å²) in [5, 5.41) is 21.3. The fraction of sp³-hybridized carbons (Fsp3) is 0.333. The van der Waals surface area contributed by atoms with Crippen molar-refractivity contribution < 1.29 is 14.6 Å². The van der Waals surface area contributed by atoms with Gasteiger partial charge in [-0.2, -0.15) is 0 Å². The van der Waals surface area contributed by atoms with Crippen molar-refractivity contribution in [3.8, 4) is 17.4 Å².